The standard InChI is InChI=1S/C29H32N8O3S/c1-29(2,3)23-13-25(35-40-23)34-27(38)31-18-6-4-17(5-7-18)21-15-37-22-8-9-24(33-26(22)41-28(37)32-21)30-10-11-36-14-20-12-19(36)16-39-20/h4-9,13,15,19-20H,10-12,14,16H2,1-3H3,(H,30,33)(H2,31,34,35,38)/t19-,20-/m0/s1. The lowest BCUT2D eigenvalue weighted by Gasteiger charge is -2.26. The second-order valence-corrected chi connectivity index (χ2v) is 12.6. The number of hydrogen-bond donors (Lipinski definition) is 3. The first-order valence-corrected chi connectivity index (χ1v) is 14.6. The van der Waals surface area contributed by atoms with Crippen LogP contribution in [0.15, 0.2) is 53.2 Å². The molecule has 3 N–H and O–H groups in total. The first kappa shape index (κ1) is 25.9. The Hall–Kier alpha value is -4.00. The second-order valence-electron chi connectivity index (χ2n) is 11.7. The molecular formula is C29H32N8O3S. The lowest BCUT2D eigenvalue weighted by atomic mass is 9.93. The summed E-state index contributed by atoms with van der Waals surface area (Å²) < 4.78 is 13.1. The van der Waals surface area contributed by atoms with Gasteiger partial charge in [-0.1, -0.05) is 49.4 Å². The zero-order valence-corrected chi connectivity index (χ0v) is 24.0. The summed E-state index contributed by atoms with van der Waals surface area (Å²) in [6.07, 6.45) is 3.62. The van der Waals surface area contributed by atoms with Crippen molar-refractivity contribution in [1.82, 2.24) is 24.4 Å². The van der Waals surface area contributed by atoms with Crippen LogP contribution in [0.3, 0.4) is 0 Å². The average Bonchev–Trinajstić information content (AvgIpc) is 3.75. The average molecular weight is 573 g/mol. The Morgan fingerprint density at radius 3 is 2.68 bits per heavy atom. The van der Waals surface area contributed by atoms with Crippen LogP contribution in [0, 0.1) is 0 Å². The van der Waals surface area contributed by atoms with Crippen molar-refractivity contribution in [3.8, 4) is 11.3 Å². The van der Waals surface area contributed by atoms with Gasteiger partial charge in [-0.05, 0) is 30.7 Å². The number of imidazole rings is 1. The number of rotatable bonds is 7. The Morgan fingerprint density at radius 1 is 1.10 bits per heavy atom. The lowest BCUT2D eigenvalue weighted by Crippen LogP contribution is -2.39. The Kier molecular flexibility index (Phi) is 6.40. The van der Waals surface area contributed by atoms with E-state index in [0.717, 1.165) is 58.6 Å². The molecule has 5 aromatic rings. The molecule has 2 bridgehead atoms. The van der Waals surface area contributed by atoms with Crippen LogP contribution in [0.1, 0.15) is 33.0 Å². The zero-order valence-electron chi connectivity index (χ0n) is 23.2. The van der Waals surface area contributed by atoms with Gasteiger partial charge < -0.3 is 19.9 Å². The third-order valence-electron chi connectivity index (χ3n) is 7.61. The SMILES string of the molecule is CC(C)(C)c1cc(NC(=O)Nc2ccc(-c3cn4c(n3)sc3nc(NCCN5C[C@@H]6C[C@H]5CO6)ccc34)cc2)no1. The number of likely N-dealkylation sites (tertiary alicyclic amines) is 1. The Morgan fingerprint density at radius 2 is 1.95 bits per heavy atom. The number of fused-ring (bicyclic) bond motifs is 5. The number of carbonyl (C=O) groups excluding carboxylic acids is 1. The van der Waals surface area contributed by atoms with Gasteiger partial charge in [0.1, 0.15) is 16.4 Å². The van der Waals surface area contributed by atoms with Gasteiger partial charge in [-0.2, -0.15) is 0 Å². The third kappa shape index (κ3) is 5.25. The Balaban J connectivity index is 0.978. The number of hydrogen-bond acceptors (Lipinski definition) is 9. The van der Waals surface area contributed by atoms with Crippen molar-refractivity contribution in [3.63, 3.8) is 0 Å². The first-order chi connectivity index (χ1) is 19.8. The molecule has 11 nitrogen and oxygen atoms in total. The Labute approximate surface area is 240 Å². The number of thiazole rings is 1. The topological polar surface area (TPSA) is 122 Å². The van der Waals surface area contributed by atoms with E-state index in [2.05, 4.69) is 36.5 Å². The van der Waals surface area contributed by atoms with E-state index >= 15 is 0 Å². The van der Waals surface area contributed by atoms with Crippen molar-refractivity contribution >= 4 is 50.0 Å². The Bertz CT molecular complexity index is 1720. The highest BCUT2D eigenvalue weighted by Gasteiger charge is 2.38. The molecule has 2 fully saturated rings. The number of amides is 2. The van der Waals surface area contributed by atoms with Crippen LogP contribution in [0.2, 0.25) is 0 Å². The highest BCUT2D eigenvalue weighted by molar-refractivity contribution is 7.23. The number of ether oxygens (including phenoxy) is 1. The fourth-order valence-electron chi connectivity index (χ4n) is 5.39. The molecule has 0 aliphatic carbocycles. The fraction of sp³-hybridized carbons (Fsp3) is 0.379. The van der Waals surface area contributed by atoms with E-state index < -0.39 is 0 Å². The summed E-state index contributed by atoms with van der Waals surface area (Å²) in [5.41, 5.74) is 3.32. The second kappa shape index (κ2) is 10.1. The van der Waals surface area contributed by atoms with Gasteiger partial charge in [0.25, 0.3) is 0 Å². The van der Waals surface area contributed by atoms with Crippen molar-refractivity contribution in [2.24, 2.45) is 0 Å². The van der Waals surface area contributed by atoms with Crippen molar-refractivity contribution in [2.45, 2.75) is 44.8 Å². The molecule has 0 spiro atoms. The molecule has 4 aromatic heterocycles. The number of morpholine rings is 1. The van der Waals surface area contributed by atoms with E-state index in [0.29, 0.717) is 29.4 Å². The third-order valence-corrected chi connectivity index (χ3v) is 8.57. The molecule has 0 unspecified atom stereocenters. The zero-order chi connectivity index (χ0) is 28.1. The fourth-order valence-corrected chi connectivity index (χ4v) is 6.38. The van der Waals surface area contributed by atoms with Crippen LogP contribution in [-0.4, -0.2) is 68.8 Å². The van der Waals surface area contributed by atoms with Crippen molar-refractivity contribution in [2.75, 3.05) is 42.2 Å². The maximum absolute atomic E-state index is 12.4. The van der Waals surface area contributed by atoms with Gasteiger partial charge in [0.15, 0.2) is 10.8 Å². The highest BCUT2D eigenvalue weighted by atomic mass is 32.1. The summed E-state index contributed by atoms with van der Waals surface area (Å²) in [6, 6.07) is 13.6. The van der Waals surface area contributed by atoms with Crippen molar-refractivity contribution in [3.05, 3.63) is 54.4 Å². The molecule has 1 aromatic carbocycles. The highest BCUT2D eigenvalue weighted by Crippen LogP contribution is 2.31. The van der Waals surface area contributed by atoms with Crippen LogP contribution in [0.4, 0.5) is 22.1 Å². The number of aromatic nitrogens is 4. The summed E-state index contributed by atoms with van der Waals surface area (Å²) >= 11 is 1.57. The van der Waals surface area contributed by atoms with E-state index in [9.17, 15) is 4.79 Å². The number of anilines is 3. The smallest absolute Gasteiger partial charge is 0.324 e. The van der Waals surface area contributed by atoms with Gasteiger partial charge >= 0.3 is 6.03 Å². The summed E-state index contributed by atoms with van der Waals surface area (Å²) in [4.78, 5) is 26.5. The summed E-state index contributed by atoms with van der Waals surface area (Å²) in [7, 11) is 0. The molecule has 0 saturated carbocycles. The number of nitrogens with one attached hydrogen (secondary N) is 3. The van der Waals surface area contributed by atoms with Crippen LogP contribution in [-0.2, 0) is 10.2 Å². The molecule has 2 atom stereocenters. The maximum atomic E-state index is 12.4. The van der Waals surface area contributed by atoms with E-state index in [4.69, 9.17) is 19.2 Å². The van der Waals surface area contributed by atoms with Crippen LogP contribution < -0.4 is 16.0 Å². The normalized spacial score (nSPS) is 18.9. The predicted molar refractivity (Wildman–Crippen MR) is 160 cm³/mol. The lowest BCUT2D eigenvalue weighted by molar-refractivity contribution is 0.0324. The van der Waals surface area contributed by atoms with Crippen molar-refractivity contribution in [1.29, 1.82) is 0 Å². The van der Waals surface area contributed by atoms with Gasteiger partial charge in [0.05, 0.1) is 23.9 Å². The monoisotopic (exact) mass is 572 g/mol. The van der Waals surface area contributed by atoms with Gasteiger partial charge in [-0.25, -0.2) is 14.8 Å². The van der Waals surface area contributed by atoms with E-state index in [1.807, 2.05) is 57.3 Å². The number of pyridine rings is 1. The molecule has 2 aliphatic heterocycles. The van der Waals surface area contributed by atoms with Crippen LogP contribution in [0.5, 0.6) is 0 Å². The van der Waals surface area contributed by atoms with Crippen LogP contribution >= 0.6 is 11.3 Å². The van der Waals surface area contributed by atoms with Gasteiger partial charge in [-0.3, -0.25) is 14.6 Å². The summed E-state index contributed by atoms with van der Waals surface area (Å²) in [5, 5.41) is 12.9. The van der Waals surface area contributed by atoms with Gasteiger partial charge in [-0.15, -0.1) is 0 Å². The van der Waals surface area contributed by atoms with E-state index in [1.165, 1.54) is 6.42 Å². The number of carbonyl (C=O) groups is 1. The minimum absolute atomic E-state index is 0.187. The molecule has 41 heavy (non-hydrogen) atoms. The minimum atomic E-state index is -0.389. The molecule has 12 heteroatoms. The molecule has 7 rings (SSSR count). The van der Waals surface area contributed by atoms with Crippen molar-refractivity contribution < 1.29 is 14.1 Å². The molecule has 212 valence electrons. The number of nitrogens with zero attached hydrogens (tertiary/aromatic N) is 5. The number of benzene rings is 1. The molecule has 0 radical (unpaired) electrons. The summed E-state index contributed by atoms with van der Waals surface area (Å²) in [5.74, 6) is 1.96. The molecule has 6 heterocycles. The van der Waals surface area contributed by atoms with E-state index in [1.54, 1.807) is 17.4 Å². The minimum Gasteiger partial charge on any atom is -0.375 e. The predicted octanol–water partition coefficient (Wildman–Crippen LogP) is 5.43. The quantitative estimate of drug-likeness (QED) is 0.236. The number of urea groups is 1. The van der Waals surface area contributed by atoms with E-state index in [-0.39, 0.29) is 11.4 Å². The molecule has 2 amide bonds. The van der Waals surface area contributed by atoms with Crippen LogP contribution in [0.25, 0.3) is 26.6 Å². The molecule has 2 saturated heterocycles. The van der Waals surface area contributed by atoms with Gasteiger partial charge in [0, 0.05) is 54.6 Å². The largest absolute Gasteiger partial charge is 0.375 e. The molecule has 2 aliphatic rings. The maximum Gasteiger partial charge on any atom is 0.324 e. The van der Waals surface area contributed by atoms with Gasteiger partial charge in [0.2, 0.25) is 0 Å². The molecular weight excluding hydrogens is 540 g/mol. The summed E-state index contributed by atoms with van der Waals surface area (Å²) in [6.45, 7) is 9.83. The first-order valence-electron chi connectivity index (χ1n) is 13.8.